The van der Waals surface area contributed by atoms with Gasteiger partial charge in [0, 0.05) is 18.5 Å². The lowest BCUT2D eigenvalue weighted by Gasteiger charge is -2.27. The van der Waals surface area contributed by atoms with Gasteiger partial charge in [-0.25, -0.2) is 8.78 Å². The maximum absolute atomic E-state index is 13.0. The first-order valence-corrected chi connectivity index (χ1v) is 6.51. The number of amides is 1. The molecule has 2 rings (SSSR count). The van der Waals surface area contributed by atoms with Crippen LogP contribution in [-0.4, -0.2) is 18.5 Å². The molecule has 0 aromatic heterocycles. The first-order valence-electron chi connectivity index (χ1n) is 6.51. The summed E-state index contributed by atoms with van der Waals surface area (Å²) in [4.78, 5) is 12.0. The molecule has 104 valence electrons. The molecule has 0 spiro atoms. The zero-order chi connectivity index (χ0) is 13.8. The monoisotopic (exact) mass is 268 g/mol. The molecule has 5 heteroatoms. The van der Waals surface area contributed by atoms with Crippen LogP contribution in [0.4, 0.5) is 8.78 Å². The van der Waals surface area contributed by atoms with Crippen molar-refractivity contribution in [1.29, 1.82) is 0 Å². The average molecular weight is 268 g/mol. The molecular weight excluding hydrogens is 250 g/mol. The molecule has 2 unspecified atom stereocenters. The minimum atomic E-state index is -0.887. The summed E-state index contributed by atoms with van der Waals surface area (Å²) in [6.07, 6.45) is 1.62. The van der Waals surface area contributed by atoms with Crippen LogP contribution in [0.1, 0.15) is 25.3 Å². The Bertz CT molecular complexity index is 465. The summed E-state index contributed by atoms with van der Waals surface area (Å²) in [6, 6.07) is 4.00. The third-order valence-corrected chi connectivity index (χ3v) is 3.45. The second-order valence-electron chi connectivity index (χ2n) is 5.04. The fourth-order valence-corrected chi connectivity index (χ4v) is 2.35. The summed E-state index contributed by atoms with van der Waals surface area (Å²) in [5.74, 6) is -1.77. The number of hydrogen-bond acceptors (Lipinski definition) is 2. The van der Waals surface area contributed by atoms with Crippen LogP contribution in [0.2, 0.25) is 0 Å². The van der Waals surface area contributed by atoms with E-state index in [1.807, 2.05) is 0 Å². The van der Waals surface area contributed by atoms with Crippen LogP contribution in [0.3, 0.4) is 0 Å². The number of nitrogens with one attached hydrogen (secondary N) is 2. The molecular formula is C14H18F2N2O. The SMILES string of the molecule is CC1CC(C(=O)NCc2ccc(F)c(F)c2)CCN1. The maximum atomic E-state index is 13.0. The van der Waals surface area contributed by atoms with Crippen molar-refractivity contribution in [3.8, 4) is 0 Å². The van der Waals surface area contributed by atoms with E-state index in [4.69, 9.17) is 0 Å². The molecule has 0 saturated carbocycles. The van der Waals surface area contributed by atoms with Gasteiger partial charge in [-0.05, 0) is 44.0 Å². The highest BCUT2D eigenvalue weighted by atomic mass is 19.2. The quantitative estimate of drug-likeness (QED) is 0.880. The largest absolute Gasteiger partial charge is 0.352 e. The van der Waals surface area contributed by atoms with Gasteiger partial charge in [0.15, 0.2) is 11.6 Å². The van der Waals surface area contributed by atoms with Gasteiger partial charge < -0.3 is 10.6 Å². The molecule has 1 amide bonds. The molecule has 1 fully saturated rings. The van der Waals surface area contributed by atoms with Crippen molar-refractivity contribution < 1.29 is 13.6 Å². The van der Waals surface area contributed by atoms with Crippen molar-refractivity contribution in [3.63, 3.8) is 0 Å². The Balaban J connectivity index is 1.87. The molecule has 1 saturated heterocycles. The van der Waals surface area contributed by atoms with Crippen LogP contribution in [-0.2, 0) is 11.3 Å². The van der Waals surface area contributed by atoms with Crippen molar-refractivity contribution in [2.75, 3.05) is 6.54 Å². The smallest absolute Gasteiger partial charge is 0.223 e. The third-order valence-electron chi connectivity index (χ3n) is 3.45. The van der Waals surface area contributed by atoms with E-state index >= 15 is 0 Å². The Kier molecular flexibility index (Phi) is 4.47. The highest BCUT2D eigenvalue weighted by molar-refractivity contribution is 5.78. The molecule has 1 heterocycles. The van der Waals surface area contributed by atoms with E-state index in [0.29, 0.717) is 11.6 Å². The summed E-state index contributed by atoms with van der Waals surface area (Å²) >= 11 is 0. The van der Waals surface area contributed by atoms with Crippen molar-refractivity contribution in [2.45, 2.75) is 32.4 Å². The van der Waals surface area contributed by atoms with E-state index in [9.17, 15) is 13.6 Å². The molecule has 1 aliphatic heterocycles. The fourth-order valence-electron chi connectivity index (χ4n) is 2.35. The molecule has 1 aromatic rings. The average Bonchev–Trinajstić information content (AvgIpc) is 2.40. The summed E-state index contributed by atoms with van der Waals surface area (Å²) in [7, 11) is 0. The van der Waals surface area contributed by atoms with Crippen molar-refractivity contribution >= 4 is 5.91 Å². The topological polar surface area (TPSA) is 41.1 Å². The van der Waals surface area contributed by atoms with Crippen LogP contribution in [0.15, 0.2) is 18.2 Å². The lowest BCUT2D eigenvalue weighted by atomic mass is 9.92. The first-order chi connectivity index (χ1) is 9.06. The van der Waals surface area contributed by atoms with Gasteiger partial charge in [-0.2, -0.15) is 0 Å². The summed E-state index contributed by atoms with van der Waals surface area (Å²) < 4.78 is 25.8. The molecule has 1 aromatic carbocycles. The van der Waals surface area contributed by atoms with E-state index in [2.05, 4.69) is 17.6 Å². The Hall–Kier alpha value is -1.49. The van der Waals surface area contributed by atoms with Crippen LogP contribution in [0.5, 0.6) is 0 Å². The third kappa shape index (κ3) is 3.73. The van der Waals surface area contributed by atoms with E-state index < -0.39 is 11.6 Å². The standard InChI is InChI=1S/C14H18F2N2O/c1-9-6-11(4-5-17-9)14(19)18-8-10-2-3-12(15)13(16)7-10/h2-3,7,9,11,17H,4-6,8H2,1H3,(H,18,19). The molecule has 0 bridgehead atoms. The van der Waals surface area contributed by atoms with E-state index in [0.717, 1.165) is 31.5 Å². The van der Waals surface area contributed by atoms with Crippen molar-refractivity contribution in [3.05, 3.63) is 35.4 Å². The predicted octanol–water partition coefficient (Wildman–Crippen LogP) is 1.97. The van der Waals surface area contributed by atoms with Gasteiger partial charge in [0.25, 0.3) is 0 Å². The molecule has 3 nitrogen and oxygen atoms in total. The number of rotatable bonds is 3. The highest BCUT2D eigenvalue weighted by Gasteiger charge is 2.24. The first kappa shape index (κ1) is 13.9. The Morgan fingerprint density at radius 2 is 2.21 bits per heavy atom. The minimum Gasteiger partial charge on any atom is -0.352 e. The molecule has 2 N–H and O–H groups in total. The van der Waals surface area contributed by atoms with E-state index in [-0.39, 0.29) is 18.4 Å². The van der Waals surface area contributed by atoms with Gasteiger partial charge in [0.05, 0.1) is 0 Å². The Morgan fingerprint density at radius 1 is 1.42 bits per heavy atom. The lowest BCUT2D eigenvalue weighted by molar-refractivity contribution is -0.126. The Morgan fingerprint density at radius 3 is 2.89 bits per heavy atom. The normalized spacial score (nSPS) is 23.1. The summed E-state index contributed by atoms with van der Waals surface area (Å²) in [5.41, 5.74) is 0.564. The van der Waals surface area contributed by atoms with Crippen LogP contribution in [0, 0.1) is 17.6 Å². The molecule has 2 atom stereocenters. The van der Waals surface area contributed by atoms with Gasteiger partial charge in [-0.15, -0.1) is 0 Å². The number of hydrogen-bond donors (Lipinski definition) is 2. The van der Waals surface area contributed by atoms with Crippen LogP contribution >= 0.6 is 0 Å². The Labute approximate surface area is 111 Å². The molecule has 0 radical (unpaired) electrons. The predicted molar refractivity (Wildman–Crippen MR) is 68.4 cm³/mol. The second-order valence-corrected chi connectivity index (χ2v) is 5.04. The summed E-state index contributed by atoms with van der Waals surface area (Å²) in [5, 5.41) is 6.06. The van der Waals surface area contributed by atoms with Gasteiger partial charge in [-0.1, -0.05) is 6.07 Å². The molecule has 19 heavy (non-hydrogen) atoms. The number of benzene rings is 1. The van der Waals surface area contributed by atoms with Crippen molar-refractivity contribution in [2.24, 2.45) is 5.92 Å². The van der Waals surface area contributed by atoms with Gasteiger partial charge in [0.1, 0.15) is 0 Å². The minimum absolute atomic E-state index is 0.00143. The number of carbonyl (C=O) groups excluding carboxylic acids is 1. The number of carbonyl (C=O) groups is 1. The lowest BCUT2D eigenvalue weighted by Crippen LogP contribution is -2.42. The molecule has 0 aliphatic carbocycles. The zero-order valence-corrected chi connectivity index (χ0v) is 10.9. The highest BCUT2D eigenvalue weighted by Crippen LogP contribution is 2.16. The van der Waals surface area contributed by atoms with E-state index in [1.54, 1.807) is 0 Å². The van der Waals surface area contributed by atoms with Gasteiger partial charge in [-0.3, -0.25) is 4.79 Å². The van der Waals surface area contributed by atoms with Gasteiger partial charge >= 0.3 is 0 Å². The zero-order valence-electron chi connectivity index (χ0n) is 10.9. The fraction of sp³-hybridized carbons (Fsp3) is 0.500. The number of piperidine rings is 1. The van der Waals surface area contributed by atoms with Gasteiger partial charge in [0.2, 0.25) is 5.91 Å². The van der Waals surface area contributed by atoms with E-state index in [1.165, 1.54) is 6.07 Å². The maximum Gasteiger partial charge on any atom is 0.223 e. The summed E-state index contributed by atoms with van der Waals surface area (Å²) in [6.45, 7) is 3.12. The number of halogens is 2. The van der Waals surface area contributed by atoms with Crippen molar-refractivity contribution in [1.82, 2.24) is 10.6 Å². The molecule has 1 aliphatic rings. The second kappa shape index (κ2) is 6.10. The van der Waals surface area contributed by atoms with Crippen LogP contribution in [0.25, 0.3) is 0 Å². The van der Waals surface area contributed by atoms with Crippen LogP contribution < -0.4 is 10.6 Å².